The third kappa shape index (κ3) is 3.02. The van der Waals surface area contributed by atoms with Gasteiger partial charge in [-0.25, -0.2) is 4.39 Å². The van der Waals surface area contributed by atoms with Crippen LogP contribution in [0.3, 0.4) is 0 Å². The summed E-state index contributed by atoms with van der Waals surface area (Å²) in [5.74, 6) is -1.63. The van der Waals surface area contributed by atoms with E-state index in [4.69, 9.17) is 23.2 Å². The first kappa shape index (κ1) is 16.9. The lowest BCUT2D eigenvalue weighted by Crippen LogP contribution is -2.39. The Hall–Kier alpha value is -1.95. The van der Waals surface area contributed by atoms with Gasteiger partial charge in [-0.1, -0.05) is 29.3 Å². The van der Waals surface area contributed by atoms with Gasteiger partial charge in [0, 0.05) is 22.2 Å². The van der Waals surface area contributed by atoms with Gasteiger partial charge in [-0.3, -0.25) is 19.4 Å². The number of ketones is 1. The van der Waals surface area contributed by atoms with Crippen LogP contribution in [0.5, 0.6) is 0 Å². The van der Waals surface area contributed by atoms with E-state index in [0.717, 1.165) is 0 Å². The van der Waals surface area contributed by atoms with Crippen LogP contribution in [0, 0.1) is 5.82 Å². The fourth-order valence-corrected chi connectivity index (χ4v) is 3.05. The molecule has 0 fully saturated rings. The quantitative estimate of drug-likeness (QED) is 0.773. The second-order valence-electron chi connectivity index (χ2n) is 5.58. The fraction of sp³-hybridized carbons (Fsp3) is 0.176. The average molecular weight is 367 g/mol. The van der Waals surface area contributed by atoms with Gasteiger partial charge in [-0.2, -0.15) is 0 Å². The van der Waals surface area contributed by atoms with Crippen molar-refractivity contribution in [1.29, 1.82) is 0 Å². The van der Waals surface area contributed by atoms with Crippen molar-refractivity contribution < 1.29 is 14.0 Å². The molecule has 0 aliphatic carbocycles. The van der Waals surface area contributed by atoms with Gasteiger partial charge in [0.1, 0.15) is 5.82 Å². The van der Waals surface area contributed by atoms with Crippen molar-refractivity contribution in [3.8, 4) is 0 Å². The van der Waals surface area contributed by atoms with Gasteiger partial charge in [-0.05, 0) is 37.4 Å². The Bertz CT molecular complexity index is 821. The van der Waals surface area contributed by atoms with Gasteiger partial charge in [0.25, 0.3) is 5.78 Å². The highest BCUT2D eigenvalue weighted by atomic mass is 35.5. The van der Waals surface area contributed by atoms with E-state index in [0.29, 0.717) is 21.3 Å². The Labute approximate surface area is 148 Å². The van der Waals surface area contributed by atoms with E-state index in [-0.39, 0.29) is 18.8 Å². The van der Waals surface area contributed by atoms with Crippen molar-refractivity contribution in [1.82, 2.24) is 4.90 Å². The molecule has 124 valence electrons. The molecule has 2 aromatic rings. The number of nitrogens with zero attached hydrogens (tertiary/aromatic N) is 2. The molecule has 1 heterocycles. The lowest BCUT2D eigenvalue weighted by atomic mass is 10.1. The van der Waals surface area contributed by atoms with Gasteiger partial charge in [0.05, 0.1) is 17.9 Å². The molecule has 24 heavy (non-hydrogen) atoms. The van der Waals surface area contributed by atoms with Crippen LogP contribution < -0.4 is 4.90 Å². The van der Waals surface area contributed by atoms with E-state index in [1.807, 2.05) is 0 Å². The first-order valence-corrected chi connectivity index (χ1v) is 7.91. The molecule has 0 atom stereocenters. The molecule has 1 aliphatic rings. The number of hydrogen-bond donors (Lipinski definition) is 0. The second kappa shape index (κ2) is 6.51. The van der Waals surface area contributed by atoms with Gasteiger partial charge >= 0.3 is 5.91 Å². The predicted octanol–water partition coefficient (Wildman–Crippen LogP) is 3.75. The topological polar surface area (TPSA) is 40.6 Å². The monoisotopic (exact) mass is 366 g/mol. The van der Waals surface area contributed by atoms with Crippen molar-refractivity contribution in [3.05, 3.63) is 63.4 Å². The third-order valence-electron chi connectivity index (χ3n) is 3.81. The highest BCUT2D eigenvalue weighted by Gasteiger charge is 2.36. The molecule has 0 unspecified atom stereocenters. The molecular formula is C17H13Cl2FN2O2. The van der Waals surface area contributed by atoms with Gasteiger partial charge in [0.15, 0.2) is 0 Å². The lowest BCUT2D eigenvalue weighted by Gasteiger charge is -2.24. The summed E-state index contributed by atoms with van der Waals surface area (Å²) >= 11 is 11.9. The molecule has 3 rings (SSSR count). The molecule has 0 aromatic heterocycles. The smallest absolute Gasteiger partial charge is 0.291 e. The van der Waals surface area contributed by atoms with Crippen LogP contribution in [-0.4, -0.2) is 30.3 Å². The Morgan fingerprint density at radius 1 is 1.17 bits per heavy atom. The number of Topliss-reactive ketones (excluding diaryl/α,β-unsaturated/α-hetero) is 1. The second-order valence-corrected chi connectivity index (χ2v) is 6.42. The Balaban J connectivity index is 1.82. The van der Waals surface area contributed by atoms with Gasteiger partial charge in [-0.15, -0.1) is 0 Å². The number of hydrogen-bond acceptors (Lipinski definition) is 3. The minimum absolute atomic E-state index is 0.129. The third-order valence-corrected chi connectivity index (χ3v) is 4.40. The fourth-order valence-electron chi connectivity index (χ4n) is 2.66. The van der Waals surface area contributed by atoms with Crippen molar-refractivity contribution in [2.45, 2.75) is 6.54 Å². The number of anilines is 1. The largest absolute Gasteiger partial charge is 0.300 e. The molecule has 2 aromatic carbocycles. The van der Waals surface area contributed by atoms with Crippen molar-refractivity contribution in [2.75, 3.05) is 18.6 Å². The number of carbonyl (C=O) groups is 2. The minimum Gasteiger partial charge on any atom is -0.291 e. The summed E-state index contributed by atoms with van der Waals surface area (Å²) in [7, 11) is 1.72. The first-order valence-electron chi connectivity index (χ1n) is 7.15. The number of amides is 1. The summed E-state index contributed by atoms with van der Waals surface area (Å²) in [6.45, 7) is 0.330. The lowest BCUT2D eigenvalue weighted by molar-refractivity contribution is -0.114. The van der Waals surface area contributed by atoms with Crippen LogP contribution >= 0.6 is 23.2 Å². The Morgan fingerprint density at radius 2 is 1.92 bits per heavy atom. The molecule has 0 spiro atoms. The molecule has 0 saturated heterocycles. The molecule has 0 N–H and O–H groups in total. The molecule has 1 aliphatic heterocycles. The summed E-state index contributed by atoms with van der Waals surface area (Å²) in [5, 5.41) is 0.709. The molecule has 0 saturated carbocycles. The molecule has 7 heteroatoms. The van der Waals surface area contributed by atoms with E-state index >= 15 is 0 Å². The maximum Gasteiger partial charge on any atom is 0.300 e. The number of carbonyl (C=O) groups excluding carboxylic acids is 2. The van der Waals surface area contributed by atoms with Crippen LogP contribution in [0.4, 0.5) is 10.1 Å². The van der Waals surface area contributed by atoms with E-state index in [9.17, 15) is 14.0 Å². The van der Waals surface area contributed by atoms with Crippen molar-refractivity contribution in [2.24, 2.45) is 0 Å². The van der Waals surface area contributed by atoms with E-state index in [2.05, 4.69) is 0 Å². The normalized spacial score (nSPS) is 13.8. The maximum atomic E-state index is 13.9. The zero-order valence-electron chi connectivity index (χ0n) is 12.7. The minimum atomic E-state index is -0.626. The average Bonchev–Trinajstić information content (AvgIpc) is 2.76. The maximum absolute atomic E-state index is 13.9. The summed E-state index contributed by atoms with van der Waals surface area (Å²) < 4.78 is 13.9. The Morgan fingerprint density at radius 3 is 2.62 bits per heavy atom. The highest BCUT2D eigenvalue weighted by Crippen LogP contribution is 2.31. The number of halogens is 3. The number of rotatable bonds is 4. The predicted molar refractivity (Wildman–Crippen MR) is 91.0 cm³/mol. The zero-order chi connectivity index (χ0) is 17.4. The van der Waals surface area contributed by atoms with Crippen LogP contribution in [0.25, 0.3) is 0 Å². The van der Waals surface area contributed by atoms with Gasteiger partial charge < -0.3 is 0 Å². The van der Waals surface area contributed by atoms with E-state index < -0.39 is 17.5 Å². The van der Waals surface area contributed by atoms with Crippen LogP contribution in [0.15, 0.2) is 36.4 Å². The summed E-state index contributed by atoms with van der Waals surface area (Å²) in [5.41, 5.74) is 1.13. The molecule has 4 nitrogen and oxygen atoms in total. The number of fused-ring (bicyclic) bond motifs is 1. The first-order chi connectivity index (χ1) is 11.4. The zero-order valence-corrected chi connectivity index (χ0v) is 14.2. The molecule has 0 bridgehead atoms. The standard InChI is InChI=1S/C17H13Cl2FN2O2/c1-21(8-12-13(19)3-2-4-14(12)20)9-22-15-6-5-10(18)7-11(15)16(23)17(22)24/h2-7H,8-9H2,1H3. The van der Waals surface area contributed by atoms with Crippen LogP contribution in [0.2, 0.25) is 10.0 Å². The molecule has 1 amide bonds. The van der Waals surface area contributed by atoms with Crippen LogP contribution in [-0.2, 0) is 11.3 Å². The number of benzene rings is 2. The Kier molecular flexibility index (Phi) is 4.58. The SMILES string of the molecule is CN(Cc1c(F)cccc1Cl)CN1C(=O)C(=O)c2cc(Cl)ccc21. The summed E-state index contributed by atoms with van der Waals surface area (Å²) in [4.78, 5) is 27.3. The van der Waals surface area contributed by atoms with Crippen molar-refractivity contribution >= 4 is 40.6 Å². The van der Waals surface area contributed by atoms with Crippen LogP contribution in [0.1, 0.15) is 15.9 Å². The van der Waals surface area contributed by atoms with Gasteiger partial charge in [0.2, 0.25) is 0 Å². The summed E-state index contributed by atoms with van der Waals surface area (Å²) in [6, 6.07) is 9.19. The van der Waals surface area contributed by atoms with E-state index in [1.54, 1.807) is 30.1 Å². The molecular weight excluding hydrogens is 354 g/mol. The highest BCUT2D eigenvalue weighted by molar-refractivity contribution is 6.52. The summed E-state index contributed by atoms with van der Waals surface area (Å²) in [6.07, 6.45) is 0. The van der Waals surface area contributed by atoms with E-state index in [1.165, 1.54) is 23.1 Å². The molecule has 0 radical (unpaired) electrons. The van der Waals surface area contributed by atoms with Crippen molar-refractivity contribution in [3.63, 3.8) is 0 Å².